The van der Waals surface area contributed by atoms with Crippen LogP contribution in [0.25, 0.3) is 22.3 Å². The Morgan fingerprint density at radius 1 is 0.924 bits per heavy atom. The zero-order valence-corrected chi connectivity index (χ0v) is 47.5. The van der Waals surface area contributed by atoms with Gasteiger partial charge in [0.25, 0.3) is 5.56 Å². The monoisotopic (exact) mass is 1080 g/mol. The van der Waals surface area contributed by atoms with Gasteiger partial charge >= 0.3 is 18.0 Å². The molecular weight excluding hydrogens is 1000 g/mol. The third-order valence-corrected chi connectivity index (χ3v) is 18.4. The molecule has 10 rings (SSSR count). The number of hydrogen-bond donors (Lipinski definition) is 1. The van der Waals surface area contributed by atoms with E-state index in [1.807, 2.05) is 37.2 Å². The average Bonchev–Trinajstić information content (AvgIpc) is 3.90. The largest absolute Gasteiger partial charge is 0.458 e. The number of Topliss-reactive ketones (excluding diaryl/α,β-unsaturated/α-hetero) is 1. The van der Waals surface area contributed by atoms with Crippen molar-refractivity contribution in [3.8, 4) is 17.1 Å². The molecule has 79 heavy (non-hydrogen) atoms. The van der Waals surface area contributed by atoms with Gasteiger partial charge in [-0.05, 0) is 144 Å². The number of pyridine rings is 2. The fourth-order valence-corrected chi connectivity index (χ4v) is 14.4. The van der Waals surface area contributed by atoms with Crippen molar-refractivity contribution in [1.29, 1.82) is 0 Å². The van der Waals surface area contributed by atoms with Crippen LogP contribution in [0, 0.1) is 17.3 Å². The summed E-state index contributed by atoms with van der Waals surface area (Å²) in [5.41, 5.74) is 7.54. The number of carbonyl (C=O) groups excluding carboxylic acids is 5. The lowest BCUT2D eigenvalue weighted by molar-refractivity contribution is -0.172. The second kappa shape index (κ2) is 22.6. The molecule has 1 amide bonds. The summed E-state index contributed by atoms with van der Waals surface area (Å²) in [4.78, 5) is 92.1. The van der Waals surface area contributed by atoms with Crippen LogP contribution in [-0.4, -0.2) is 125 Å². The number of anilines is 1. The summed E-state index contributed by atoms with van der Waals surface area (Å²) in [6.07, 6.45) is 9.71. The van der Waals surface area contributed by atoms with E-state index in [2.05, 4.69) is 55.0 Å². The maximum absolute atomic E-state index is 13.8. The number of ketones is 2. The van der Waals surface area contributed by atoms with Gasteiger partial charge < -0.3 is 38.6 Å². The first kappa shape index (κ1) is 55.8. The number of ether oxygens (including phenoxy) is 3. The third-order valence-electron chi connectivity index (χ3n) is 18.4. The molecule has 2 aromatic heterocycles. The lowest BCUT2D eigenvalue weighted by Gasteiger charge is -2.55. The quantitative estimate of drug-likeness (QED) is 0.0688. The van der Waals surface area contributed by atoms with Gasteiger partial charge in [0.2, 0.25) is 0 Å². The highest BCUT2D eigenvalue weighted by Crippen LogP contribution is 2.61. The second-order valence-electron chi connectivity index (χ2n) is 23.7. The van der Waals surface area contributed by atoms with E-state index in [0.717, 1.165) is 99.7 Å². The Labute approximate surface area is 463 Å². The summed E-state index contributed by atoms with van der Waals surface area (Å²) < 4.78 is 18.9. The van der Waals surface area contributed by atoms with Crippen molar-refractivity contribution in [3.05, 3.63) is 109 Å². The molecule has 5 heterocycles. The number of hydrogen-bond acceptors (Lipinski definition) is 14. The van der Waals surface area contributed by atoms with Crippen LogP contribution < -0.4 is 15.2 Å². The van der Waals surface area contributed by atoms with Gasteiger partial charge in [-0.1, -0.05) is 57.7 Å². The molecule has 2 fully saturated rings. The molecule has 4 aromatic rings. The normalized spacial score (nSPS) is 24.0. The molecule has 2 aromatic carbocycles. The fraction of sp³-hybridized carbons (Fsp3) is 0.540. The van der Waals surface area contributed by atoms with Gasteiger partial charge in [0.15, 0.2) is 23.3 Å². The van der Waals surface area contributed by atoms with Crippen LogP contribution >= 0.6 is 0 Å². The molecule has 6 aliphatic rings. The Kier molecular flexibility index (Phi) is 15.9. The summed E-state index contributed by atoms with van der Waals surface area (Å²) in [6, 6.07) is 16.3. The molecule has 1 saturated heterocycles. The summed E-state index contributed by atoms with van der Waals surface area (Å²) in [5.74, 6) is -0.200. The number of amides is 1. The molecule has 1 saturated carbocycles. The molecule has 0 spiro atoms. The van der Waals surface area contributed by atoms with Crippen LogP contribution in [0.4, 0.5) is 10.5 Å². The first-order chi connectivity index (χ1) is 37.8. The number of piperazine rings is 1. The van der Waals surface area contributed by atoms with Crippen molar-refractivity contribution in [3.63, 3.8) is 0 Å². The van der Waals surface area contributed by atoms with E-state index in [0.29, 0.717) is 55.1 Å². The second-order valence-corrected chi connectivity index (χ2v) is 23.7. The van der Waals surface area contributed by atoms with E-state index in [1.54, 1.807) is 35.4 Å². The Morgan fingerprint density at radius 2 is 1.67 bits per heavy atom. The van der Waals surface area contributed by atoms with Crippen LogP contribution in [0.2, 0.25) is 0 Å². The standard InChI is InChI=1S/C63H78N6O10/c1-9-51-46-21-17-41-31-44(72)20-22-45(41)56(46)48(34-62(51,5)58(38(3)70)78-39(4)71)40-15-18-43(19-16-40)66(8)25-13-11-12-14-26-67-27-29-68(30-28-67)61(75)79-55-24-23-53-47(49(55)36-65(6)7)32-42-35-69-54(57(42)64-53)33-52-50(59(69)73)37-77-60(74)63(52,76)10-2/h15-16,18-19,23-24,31-33,46,48,51,58,76H,9-14,17,20-22,25-30,34-37H2,1-8H3/t46-,48+,51-,58-,62-,63-/m0/s1. The van der Waals surface area contributed by atoms with Crippen LogP contribution in [0.1, 0.15) is 139 Å². The predicted octanol–water partition coefficient (Wildman–Crippen LogP) is 8.99. The van der Waals surface area contributed by atoms with Crippen LogP contribution in [0.3, 0.4) is 0 Å². The topological polar surface area (TPSA) is 181 Å². The number of cyclic esters (lactones) is 1. The number of carbonyl (C=O) groups is 5. The zero-order valence-electron chi connectivity index (χ0n) is 47.5. The molecule has 0 unspecified atom stereocenters. The fourth-order valence-electron chi connectivity index (χ4n) is 14.4. The Morgan fingerprint density at radius 3 is 2.37 bits per heavy atom. The maximum atomic E-state index is 13.8. The van der Waals surface area contributed by atoms with Crippen molar-refractivity contribution < 1.29 is 43.3 Å². The summed E-state index contributed by atoms with van der Waals surface area (Å²) in [5, 5.41) is 12.1. The lowest BCUT2D eigenvalue weighted by atomic mass is 9.50. The van der Waals surface area contributed by atoms with Crippen LogP contribution in [0.5, 0.6) is 5.75 Å². The smallest absolute Gasteiger partial charge is 0.415 e. The zero-order chi connectivity index (χ0) is 56.1. The highest BCUT2D eigenvalue weighted by molar-refractivity contribution is 5.93. The van der Waals surface area contributed by atoms with E-state index in [-0.39, 0.29) is 71.7 Å². The van der Waals surface area contributed by atoms with E-state index in [9.17, 15) is 33.9 Å². The Bertz CT molecular complexity index is 3210. The average molecular weight is 1080 g/mol. The lowest BCUT2D eigenvalue weighted by Crippen LogP contribution is -2.53. The molecular formula is C63H78N6O10. The predicted molar refractivity (Wildman–Crippen MR) is 302 cm³/mol. The van der Waals surface area contributed by atoms with Gasteiger partial charge in [-0.3, -0.25) is 24.1 Å². The number of allylic oxidation sites excluding steroid dienone is 4. The number of aromatic nitrogens is 2. The van der Waals surface area contributed by atoms with E-state index in [1.165, 1.54) is 29.2 Å². The number of esters is 2. The Balaban J connectivity index is 0.719. The van der Waals surface area contributed by atoms with Crippen molar-refractivity contribution in [2.45, 2.75) is 143 Å². The van der Waals surface area contributed by atoms with Crippen molar-refractivity contribution >= 4 is 46.2 Å². The molecule has 0 bridgehead atoms. The molecule has 420 valence electrons. The van der Waals surface area contributed by atoms with Gasteiger partial charge in [-0.15, -0.1) is 0 Å². The first-order valence-electron chi connectivity index (χ1n) is 28.7. The number of nitrogens with zero attached hydrogens (tertiary/aromatic N) is 6. The molecule has 6 atom stereocenters. The summed E-state index contributed by atoms with van der Waals surface area (Å²) >= 11 is 0. The van der Waals surface area contributed by atoms with Gasteiger partial charge in [-0.25, -0.2) is 14.6 Å². The molecule has 0 radical (unpaired) electrons. The van der Waals surface area contributed by atoms with Crippen molar-refractivity contribution in [2.75, 3.05) is 65.3 Å². The molecule has 3 aliphatic heterocycles. The number of rotatable bonds is 17. The highest BCUT2D eigenvalue weighted by Gasteiger charge is 2.55. The minimum absolute atomic E-state index is 0.0408. The summed E-state index contributed by atoms with van der Waals surface area (Å²) in [6.45, 7) is 14.1. The van der Waals surface area contributed by atoms with Crippen LogP contribution in [0.15, 0.2) is 76.1 Å². The van der Waals surface area contributed by atoms with E-state index < -0.39 is 29.1 Å². The minimum atomic E-state index is -1.91. The summed E-state index contributed by atoms with van der Waals surface area (Å²) in [7, 11) is 6.06. The molecule has 1 N–H and O–H groups in total. The molecule has 16 nitrogen and oxygen atoms in total. The molecule has 16 heteroatoms. The van der Waals surface area contributed by atoms with Gasteiger partial charge in [0.1, 0.15) is 12.4 Å². The van der Waals surface area contributed by atoms with Gasteiger partial charge in [-0.2, -0.15) is 0 Å². The van der Waals surface area contributed by atoms with Crippen LogP contribution in [-0.2, 0) is 53.9 Å². The van der Waals surface area contributed by atoms with Gasteiger partial charge in [0.05, 0.1) is 29.0 Å². The van der Waals surface area contributed by atoms with Crippen molar-refractivity contribution in [1.82, 2.24) is 24.3 Å². The molecule has 3 aliphatic carbocycles. The number of unbranched alkanes of at least 4 members (excludes halogenated alkanes) is 3. The maximum Gasteiger partial charge on any atom is 0.415 e. The number of aliphatic hydroxyl groups is 1. The Hall–Kier alpha value is -6.49. The van der Waals surface area contributed by atoms with E-state index >= 15 is 0 Å². The first-order valence-corrected chi connectivity index (χ1v) is 28.7. The number of fused-ring (bicyclic) bond motifs is 7. The SMILES string of the molecule is CC[C@H]1[C@@H]2CCC3=CC(=O)CCC3=C2[C@@H](c2ccc(N(C)CCCCCCN3CCN(C(=O)Oc4ccc5nc6c(cc5c4CN(C)C)Cn4c-6cc5c(c4=O)COC(=O)[C@]5(O)CC)CC3)cc2)C[C@]1(C)[C@@H](OC(C)=O)C(C)=O. The highest BCUT2D eigenvalue weighted by atomic mass is 16.6. The van der Waals surface area contributed by atoms with Gasteiger partial charge in [0, 0.05) is 98.8 Å². The van der Waals surface area contributed by atoms with Crippen molar-refractivity contribution in [2.24, 2.45) is 17.3 Å². The number of benzene rings is 2. The minimum Gasteiger partial charge on any atom is -0.458 e. The third kappa shape index (κ3) is 10.6. The van der Waals surface area contributed by atoms with E-state index in [4.69, 9.17) is 19.2 Å².